The molecule has 1 aliphatic rings. The van der Waals surface area contributed by atoms with Gasteiger partial charge in [0, 0.05) is 5.56 Å². The number of rotatable bonds is 5. The van der Waals surface area contributed by atoms with Crippen molar-refractivity contribution >= 4 is 0 Å². The zero-order valence-electron chi connectivity index (χ0n) is 10.6. The highest BCUT2D eigenvalue weighted by Crippen LogP contribution is 2.34. The van der Waals surface area contributed by atoms with Crippen LogP contribution in [0.2, 0.25) is 0 Å². The summed E-state index contributed by atoms with van der Waals surface area (Å²) in [5.41, 5.74) is 1.81. The van der Waals surface area contributed by atoms with Gasteiger partial charge in [-0.15, -0.1) is 5.10 Å². The van der Waals surface area contributed by atoms with E-state index in [9.17, 15) is 0 Å². The summed E-state index contributed by atoms with van der Waals surface area (Å²) in [6.07, 6.45) is 1.86. The molecule has 1 aromatic carbocycles. The molecule has 5 nitrogen and oxygen atoms in total. The molecule has 0 saturated carbocycles. The van der Waals surface area contributed by atoms with Gasteiger partial charge in [-0.2, -0.15) is 5.10 Å². The van der Waals surface area contributed by atoms with E-state index >= 15 is 0 Å². The van der Waals surface area contributed by atoms with Crippen molar-refractivity contribution in [3.63, 3.8) is 0 Å². The van der Waals surface area contributed by atoms with Crippen molar-refractivity contribution in [2.75, 3.05) is 20.3 Å². The first-order valence-electron chi connectivity index (χ1n) is 6.08. The predicted molar refractivity (Wildman–Crippen MR) is 69.3 cm³/mol. The molecule has 1 fully saturated rings. The number of methoxy groups -OCH3 is 1. The smallest absolute Gasteiger partial charge is 0.241 e. The SMILES string of the molecule is COc1nnccc1-c1ccccc1OCC1CO1. The third kappa shape index (κ3) is 2.66. The minimum Gasteiger partial charge on any atom is -0.490 e. The first kappa shape index (κ1) is 11.9. The Morgan fingerprint density at radius 2 is 2.11 bits per heavy atom. The summed E-state index contributed by atoms with van der Waals surface area (Å²) in [6, 6.07) is 9.66. The van der Waals surface area contributed by atoms with Gasteiger partial charge in [-0.05, 0) is 12.1 Å². The third-order valence-corrected chi connectivity index (χ3v) is 2.88. The van der Waals surface area contributed by atoms with Gasteiger partial charge in [-0.1, -0.05) is 18.2 Å². The lowest BCUT2D eigenvalue weighted by Gasteiger charge is -2.12. The second kappa shape index (κ2) is 5.24. The maximum Gasteiger partial charge on any atom is 0.241 e. The third-order valence-electron chi connectivity index (χ3n) is 2.88. The van der Waals surface area contributed by atoms with E-state index in [1.54, 1.807) is 13.3 Å². The van der Waals surface area contributed by atoms with Crippen LogP contribution in [0.4, 0.5) is 0 Å². The number of hydrogen-bond acceptors (Lipinski definition) is 5. The highest BCUT2D eigenvalue weighted by Gasteiger charge is 2.23. The number of benzene rings is 1. The number of epoxide rings is 1. The van der Waals surface area contributed by atoms with Gasteiger partial charge in [0.15, 0.2) is 0 Å². The maximum absolute atomic E-state index is 5.79. The molecule has 19 heavy (non-hydrogen) atoms. The summed E-state index contributed by atoms with van der Waals surface area (Å²) in [7, 11) is 1.58. The van der Waals surface area contributed by atoms with Crippen LogP contribution in [0.3, 0.4) is 0 Å². The lowest BCUT2D eigenvalue weighted by atomic mass is 10.1. The summed E-state index contributed by atoms with van der Waals surface area (Å²) in [5, 5.41) is 7.79. The fraction of sp³-hybridized carbons (Fsp3) is 0.286. The molecule has 1 unspecified atom stereocenters. The molecule has 98 valence electrons. The Bertz CT molecular complexity index is 570. The molecule has 1 saturated heterocycles. The highest BCUT2D eigenvalue weighted by molar-refractivity contribution is 5.73. The summed E-state index contributed by atoms with van der Waals surface area (Å²) >= 11 is 0. The van der Waals surface area contributed by atoms with Gasteiger partial charge < -0.3 is 14.2 Å². The molecule has 0 radical (unpaired) electrons. The molecule has 1 aromatic heterocycles. The molecule has 0 spiro atoms. The standard InChI is InChI=1S/C14H14N2O3/c1-17-14-12(6-7-15-16-14)11-4-2-3-5-13(11)19-9-10-8-18-10/h2-7,10H,8-9H2,1H3. The van der Waals surface area contributed by atoms with Gasteiger partial charge in [-0.25, -0.2) is 0 Å². The maximum atomic E-state index is 5.79. The summed E-state index contributed by atoms with van der Waals surface area (Å²) in [6.45, 7) is 1.35. The second-order valence-corrected chi connectivity index (χ2v) is 4.22. The fourth-order valence-electron chi connectivity index (χ4n) is 1.84. The van der Waals surface area contributed by atoms with Crippen LogP contribution in [0.5, 0.6) is 11.6 Å². The summed E-state index contributed by atoms with van der Waals surface area (Å²) in [4.78, 5) is 0. The average molecular weight is 258 g/mol. The van der Waals surface area contributed by atoms with Crippen molar-refractivity contribution in [3.05, 3.63) is 36.5 Å². The van der Waals surface area contributed by atoms with Crippen LogP contribution in [-0.4, -0.2) is 36.6 Å². The van der Waals surface area contributed by atoms with Gasteiger partial charge >= 0.3 is 0 Å². The van der Waals surface area contributed by atoms with Crippen LogP contribution in [0, 0.1) is 0 Å². The molecule has 3 rings (SSSR count). The van der Waals surface area contributed by atoms with Crippen molar-refractivity contribution in [3.8, 4) is 22.8 Å². The van der Waals surface area contributed by atoms with Crippen molar-refractivity contribution in [1.29, 1.82) is 0 Å². The Morgan fingerprint density at radius 3 is 2.89 bits per heavy atom. The molecule has 0 bridgehead atoms. The van der Waals surface area contributed by atoms with Crippen LogP contribution in [0.1, 0.15) is 0 Å². The molecular weight excluding hydrogens is 244 g/mol. The molecule has 0 aliphatic carbocycles. The highest BCUT2D eigenvalue weighted by atomic mass is 16.6. The average Bonchev–Trinajstić information content (AvgIpc) is 3.29. The number of aromatic nitrogens is 2. The van der Waals surface area contributed by atoms with Crippen molar-refractivity contribution < 1.29 is 14.2 Å². The molecule has 5 heteroatoms. The minimum atomic E-state index is 0.227. The summed E-state index contributed by atoms with van der Waals surface area (Å²) < 4.78 is 16.2. The summed E-state index contributed by atoms with van der Waals surface area (Å²) in [5.74, 6) is 1.28. The van der Waals surface area contributed by atoms with Gasteiger partial charge in [0.25, 0.3) is 0 Å². The molecule has 2 heterocycles. The van der Waals surface area contributed by atoms with E-state index in [-0.39, 0.29) is 6.10 Å². The number of hydrogen-bond donors (Lipinski definition) is 0. The molecule has 2 aromatic rings. The molecule has 0 N–H and O–H groups in total. The topological polar surface area (TPSA) is 56.8 Å². The van der Waals surface area contributed by atoms with Crippen molar-refractivity contribution in [2.24, 2.45) is 0 Å². The van der Waals surface area contributed by atoms with Crippen LogP contribution in [-0.2, 0) is 4.74 Å². The Morgan fingerprint density at radius 1 is 1.26 bits per heavy atom. The van der Waals surface area contributed by atoms with Gasteiger partial charge in [0.2, 0.25) is 5.88 Å². The molecular formula is C14H14N2O3. The zero-order valence-corrected chi connectivity index (χ0v) is 10.6. The number of ether oxygens (including phenoxy) is 3. The van der Waals surface area contributed by atoms with Gasteiger partial charge in [0.1, 0.15) is 18.5 Å². The monoisotopic (exact) mass is 258 g/mol. The molecule has 1 aliphatic heterocycles. The zero-order chi connectivity index (χ0) is 13.1. The van der Waals surface area contributed by atoms with Crippen molar-refractivity contribution in [1.82, 2.24) is 10.2 Å². The largest absolute Gasteiger partial charge is 0.490 e. The van der Waals surface area contributed by atoms with E-state index in [0.29, 0.717) is 12.5 Å². The Kier molecular flexibility index (Phi) is 3.29. The number of para-hydroxylation sites is 1. The second-order valence-electron chi connectivity index (χ2n) is 4.22. The number of nitrogens with zero attached hydrogens (tertiary/aromatic N) is 2. The predicted octanol–water partition coefficient (Wildman–Crippen LogP) is 1.93. The van der Waals surface area contributed by atoms with Crippen LogP contribution in [0.25, 0.3) is 11.1 Å². The first-order valence-corrected chi connectivity index (χ1v) is 6.08. The quantitative estimate of drug-likeness (QED) is 0.767. The van der Waals surface area contributed by atoms with Gasteiger partial charge in [-0.3, -0.25) is 0 Å². The van der Waals surface area contributed by atoms with Crippen LogP contribution >= 0.6 is 0 Å². The Balaban J connectivity index is 1.93. The first-order chi connectivity index (χ1) is 9.38. The Hall–Kier alpha value is -2.14. The van der Waals surface area contributed by atoms with Crippen LogP contribution < -0.4 is 9.47 Å². The lowest BCUT2D eigenvalue weighted by Crippen LogP contribution is -2.05. The Labute approximate surface area is 111 Å². The van der Waals surface area contributed by atoms with E-state index in [2.05, 4.69) is 10.2 Å². The van der Waals surface area contributed by atoms with Crippen molar-refractivity contribution in [2.45, 2.75) is 6.10 Å². The lowest BCUT2D eigenvalue weighted by molar-refractivity contribution is 0.264. The minimum absolute atomic E-state index is 0.227. The van der Waals surface area contributed by atoms with E-state index in [1.807, 2.05) is 30.3 Å². The van der Waals surface area contributed by atoms with E-state index in [0.717, 1.165) is 23.5 Å². The van der Waals surface area contributed by atoms with E-state index in [1.165, 1.54) is 0 Å². The van der Waals surface area contributed by atoms with E-state index in [4.69, 9.17) is 14.2 Å². The molecule has 1 atom stereocenters. The van der Waals surface area contributed by atoms with Crippen LogP contribution in [0.15, 0.2) is 36.5 Å². The normalized spacial score (nSPS) is 17.0. The fourth-order valence-corrected chi connectivity index (χ4v) is 1.84. The van der Waals surface area contributed by atoms with E-state index < -0.39 is 0 Å². The van der Waals surface area contributed by atoms with Gasteiger partial charge in [0.05, 0.1) is 25.5 Å². The molecule has 0 amide bonds.